The van der Waals surface area contributed by atoms with Gasteiger partial charge in [0.05, 0.1) is 47.2 Å². The van der Waals surface area contributed by atoms with Gasteiger partial charge in [-0.1, -0.05) is 64.1 Å². The monoisotopic (exact) mass is 798 g/mol. The molecule has 56 heavy (non-hydrogen) atoms. The van der Waals surface area contributed by atoms with E-state index in [0.29, 0.717) is 18.9 Å². The van der Waals surface area contributed by atoms with E-state index in [9.17, 15) is 19.2 Å². The number of nitrogens with one attached hydrogen (secondary N) is 4. The molecule has 1 fully saturated rings. The predicted octanol–water partition coefficient (Wildman–Crippen LogP) is 7.27. The van der Waals surface area contributed by atoms with Gasteiger partial charge < -0.3 is 39.9 Å². The van der Waals surface area contributed by atoms with Crippen LogP contribution in [0.4, 0.5) is 9.59 Å². The second-order valence-electron chi connectivity index (χ2n) is 14.7. The van der Waals surface area contributed by atoms with Crippen LogP contribution in [-0.2, 0) is 19.1 Å². The number of imidazole rings is 2. The maximum atomic E-state index is 13.6. The normalized spacial score (nSPS) is 17.9. The van der Waals surface area contributed by atoms with Crippen molar-refractivity contribution in [3.05, 3.63) is 71.2 Å². The summed E-state index contributed by atoms with van der Waals surface area (Å²) in [7, 11) is 2.57. The molecule has 6 heterocycles. The van der Waals surface area contributed by atoms with Gasteiger partial charge in [-0.25, -0.2) is 19.6 Å². The van der Waals surface area contributed by atoms with Crippen molar-refractivity contribution in [3.63, 3.8) is 0 Å². The van der Waals surface area contributed by atoms with Gasteiger partial charge in [0.25, 0.3) is 0 Å². The Morgan fingerprint density at radius 2 is 1.45 bits per heavy atom. The molecule has 4 aromatic heterocycles. The average molecular weight is 799 g/mol. The first-order chi connectivity index (χ1) is 27.0. The Hall–Kier alpha value is -5.48. The van der Waals surface area contributed by atoms with Crippen LogP contribution in [0.1, 0.15) is 64.3 Å². The maximum Gasteiger partial charge on any atom is 0.407 e. The Kier molecular flexibility index (Phi) is 11.3. The van der Waals surface area contributed by atoms with Crippen LogP contribution in [0.2, 0.25) is 0 Å². The largest absolute Gasteiger partial charge is 0.453 e. The molecule has 294 valence electrons. The van der Waals surface area contributed by atoms with Crippen LogP contribution in [-0.4, -0.2) is 93.1 Å². The van der Waals surface area contributed by atoms with E-state index in [1.165, 1.54) is 18.9 Å². The molecule has 1 saturated heterocycles. The van der Waals surface area contributed by atoms with Gasteiger partial charge >= 0.3 is 12.2 Å². The number of carbonyl (C=O) groups is 4. The molecule has 2 aliphatic rings. The number of aromatic amines is 2. The minimum Gasteiger partial charge on any atom is -0.453 e. The zero-order chi connectivity index (χ0) is 39.7. The number of aromatic nitrogens is 4. The lowest BCUT2D eigenvalue weighted by atomic mass is 10.0. The predicted molar refractivity (Wildman–Crippen MR) is 216 cm³/mol. The summed E-state index contributed by atoms with van der Waals surface area (Å²) < 4.78 is 11.8. The Labute approximate surface area is 332 Å². The molecule has 1 aromatic carbocycles. The van der Waals surface area contributed by atoms with Gasteiger partial charge in [0, 0.05) is 41.2 Å². The fourth-order valence-electron chi connectivity index (χ4n) is 7.36. The number of fused-ring (bicyclic) bond motifs is 1. The van der Waals surface area contributed by atoms with Gasteiger partial charge in [0.1, 0.15) is 29.8 Å². The summed E-state index contributed by atoms with van der Waals surface area (Å²) in [4.78, 5) is 71.0. The van der Waals surface area contributed by atoms with Crippen LogP contribution >= 0.6 is 22.7 Å². The first kappa shape index (κ1) is 38.8. The number of carbonyl (C=O) groups excluding carboxylic acids is 4. The van der Waals surface area contributed by atoms with Gasteiger partial charge in [-0.15, -0.1) is 22.7 Å². The summed E-state index contributed by atoms with van der Waals surface area (Å²) in [5, 5.41) is 9.69. The van der Waals surface area contributed by atoms with Crippen molar-refractivity contribution in [1.29, 1.82) is 0 Å². The number of amides is 4. The average Bonchev–Trinajstić information content (AvgIpc) is 4.04. The first-order valence-electron chi connectivity index (χ1n) is 18.7. The summed E-state index contributed by atoms with van der Waals surface area (Å²) in [6, 6.07) is 6.31. The number of hydrogen-bond acceptors (Lipinski definition) is 10. The molecule has 0 radical (unpaired) electrons. The standard InChI is InChI=1S/C40H46N8O6S2/c1-21(2)31(45-39(51)53-5)37(49)47-15-7-9-29(47)35-41-17-27(43-35)24-13-11-23(12-14-24)25-19-55-34-26(20-56-33(25)34)28-18-42-36(44-28)30-10-8-16-48(30)38(50)32(22(3)4)46-40(52)54-6/h7,9,11-14,17-22,29-32H,8,10,15-16H2,1-6H3,(H,41,43)(H,42,44)(H,45,51)(H,46,52)/t29?,30-,31-,32-/m0/s1. The first-order valence-corrected chi connectivity index (χ1v) is 20.4. The number of rotatable bonds is 11. The van der Waals surface area contributed by atoms with E-state index < -0.39 is 24.3 Å². The lowest BCUT2D eigenvalue weighted by Crippen LogP contribution is -2.51. The van der Waals surface area contributed by atoms with Crippen LogP contribution in [0.15, 0.2) is 59.6 Å². The molecule has 4 N–H and O–H groups in total. The van der Waals surface area contributed by atoms with Crippen molar-refractivity contribution in [2.75, 3.05) is 27.3 Å². The summed E-state index contributed by atoms with van der Waals surface area (Å²) in [5.74, 6) is 0.796. The van der Waals surface area contributed by atoms with Gasteiger partial charge in [-0.2, -0.15) is 0 Å². The number of likely N-dealkylation sites (tertiary alicyclic amines) is 1. The van der Waals surface area contributed by atoms with Crippen molar-refractivity contribution in [1.82, 2.24) is 40.4 Å². The molecule has 4 amide bonds. The zero-order valence-corrected chi connectivity index (χ0v) is 33.8. The highest BCUT2D eigenvalue weighted by Crippen LogP contribution is 2.44. The molecule has 0 aliphatic carbocycles. The Morgan fingerprint density at radius 3 is 2.09 bits per heavy atom. The number of alkyl carbamates (subject to hydrolysis) is 2. The topological polar surface area (TPSA) is 175 Å². The van der Waals surface area contributed by atoms with E-state index >= 15 is 0 Å². The Morgan fingerprint density at radius 1 is 0.839 bits per heavy atom. The molecular weight excluding hydrogens is 753 g/mol. The summed E-state index contributed by atoms with van der Waals surface area (Å²) in [5.41, 5.74) is 5.89. The van der Waals surface area contributed by atoms with E-state index in [-0.39, 0.29) is 35.7 Å². The second-order valence-corrected chi connectivity index (χ2v) is 16.4. The molecule has 5 aromatic rings. The SMILES string of the molecule is COC(=O)N[C@H](C(=O)N1CC=CC1c1ncc(-c2ccc(-c3csc4c(-c5c[nH]c([C@@H]6CCCN6C(=O)[C@@H](NC(=O)OC)C(C)C)n5)csc34)cc2)[nH]1)C(C)C. The highest BCUT2D eigenvalue weighted by atomic mass is 32.1. The van der Waals surface area contributed by atoms with Crippen molar-refractivity contribution < 1.29 is 28.7 Å². The van der Waals surface area contributed by atoms with Crippen LogP contribution in [0.5, 0.6) is 0 Å². The molecule has 7 rings (SSSR count). The quantitative estimate of drug-likeness (QED) is 0.101. The number of nitrogens with zero attached hydrogens (tertiary/aromatic N) is 4. The summed E-state index contributed by atoms with van der Waals surface area (Å²) in [6.45, 7) is 8.58. The van der Waals surface area contributed by atoms with Gasteiger partial charge in [-0.3, -0.25) is 9.59 Å². The number of benzene rings is 1. The third-order valence-corrected chi connectivity index (χ3v) is 12.6. The number of hydrogen-bond donors (Lipinski definition) is 4. The number of thiophene rings is 2. The van der Waals surface area contributed by atoms with Crippen LogP contribution in [0, 0.1) is 11.8 Å². The van der Waals surface area contributed by atoms with Crippen molar-refractivity contribution in [3.8, 4) is 33.6 Å². The molecule has 4 atom stereocenters. The molecule has 0 bridgehead atoms. The molecule has 16 heteroatoms. The van der Waals surface area contributed by atoms with Crippen LogP contribution < -0.4 is 10.6 Å². The number of methoxy groups -OCH3 is 2. The van der Waals surface area contributed by atoms with Crippen molar-refractivity contribution >= 4 is 56.1 Å². The molecular formula is C40H46N8O6S2. The van der Waals surface area contributed by atoms with E-state index in [0.717, 1.165) is 57.0 Å². The lowest BCUT2D eigenvalue weighted by Gasteiger charge is -2.29. The minimum absolute atomic E-state index is 0.108. The number of ether oxygens (including phenoxy) is 2. The second kappa shape index (κ2) is 16.3. The van der Waals surface area contributed by atoms with Gasteiger partial charge in [0.2, 0.25) is 11.8 Å². The zero-order valence-electron chi connectivity index (χ0n) is 32.1. The van der Waals surface area contributed by atoms with Crippen LogP contribution in [0.25, 0.3) is 43.0 Å². The number of H-pyrrole nitrogens is 2. The third-order valence-electron chi connectivity index (χ3n) is 10.4. The van der Waals surface area contributed by atoms with E-state index in [4.69, 9.17) is 14.5 Å². The fraction of sp³-hybridized carbons (Fsp3) is 0.400. The van der Waals surface area contributed by atoms with E-state index in [1.807, 2.05) is 50.9 Å². The van der Waals surface area contributed by atoms with Crippen molar-refractivity contribution in [2.24, 2.45) is 11.8 Å². The Balaban J connectivity index is 1.05. The smallest absolute Gasteiger partial charge is 0.407 e. The molecule has 0 spiro atoms. The van der Waals surface area contributed by atoms with Gasteiger partial charge in [0.15, 0.2) is 0 Å². The third kappa shape index (κ3) is 7.54. The highest BCUT2D eigenvalue weighted by molar-refractivity contribution is 7.27. The summed E-state index contributed by atoms with van der Waals surface area (Å²) >= 11 is 3.36. The highest BCUT2D eigenvalue weighted by Gasteiger charge is 2.38. The molecule has 2 aliphatic heterocycles. The fourth-order valence-corrected chi connectivity index (χ4v) is 9.79. The lowest BCUT2D eigenvalue weighted by molar-refractivity contribution is -0.136. The molecule has 0 saturated carbocycles. The van der Waals surface area contributed by atoms with Crippen molar-refractivity contribution in [2.45, 2.75) is 64.7 Å². The van der Waals surface area contributed by atoms with Crippen LogP contribution in [0.3, 0.4) is 0 Å². The molecule has 14 nitrogen and oxygen atoms in total. The van der Waals surface area contributed by atoms with E-state index in [2.05, 4.69) is 60.6 Å². The summed E-state index contributed by atoms with van der Waals surface area (Å²) in [6.07, 6.45) is 7.93. The molecule has 1 unspecified atom stereocenters. The minimum atomic E-state index is -0.728. The maximum absolute atomic E-state index is 13.6. The Bertz CT molecular complexity index is 2250. The van der Waals surface area contributed by atoms with Gasteiger partial charge in [-0.05, 0) is 35.8 Å². The van der Waals surface area contributed by atoms with E-state index in [1.54, 1.807) is 33.8 Å².